The van der Waals surface area contributed by atoms with Crippen LogP contribution in [0.15, 0.2) is 54.6 Å². The number of nitrogens with zero attached hydrogens (tertiary/aromatic N) is 3. The molecule has 132 valence electrons. The first-order chi connectivity index (χ1) is 12.6. The molecule has 0 aliphatic carbocycles. The first-order valence-electron chi connectivity index (χ1n) is 8.76. The molecule has 0 unspecified atom stereocenters. The second-order valence-electron chi connectivity index (χ2n) is 6.45. The number of hydrogen-bond acceptors (Lipinski definition) is 3. The molecule has 0 N–H and O–H groups in total. The average molecular weight is 347 g/mol. The monoisotopic (exact) mass is 347 g/mol. The van der Waals surface area contributed by atoms with E-state index in [4.69, 9.17) is 4.74 Å². The standard InChI is InChI=1S/C21H21N3O2/c1-15-13-17-7-3-5-9-19(17)24(15)14-21(25)26-12-11-23-16(2)22-18-8-4-6-10-20(18)23/h3-10,13H,11-12,14H2,1-2H3. The smallest absolute Gasteiger partial charge is 0.326 e. The lowest BCUT2D eigenvalue weighted by Gasteiger charge is -2.10. The molecule has 0 aliphatic rings. The average Bonchev–Trinajstić information content (AvgIpc) is 3.12. The van der Waals surface area contributed by atoms with Crippen molar-refractivity contribution in [1.29, 1.82) is 0 Å². The zero-order valence-electron chi connectivity index (χ0n) is 15.0. The lowest BCUT2D eigenvalue weighted by atomic mass is 10.2. The number of fused-ring (bicyclic) bond motifs is 2. The summed E-state index contributed by atoms with van der Waals surface area (Å²) in [5, 5.41) is 1.14. The molecule has 0 aliphatic heterocycles. The fraction of sp³-hybridized carbons (Fsp3) is 0.238. The highest BCUT2D eigenvalue weighted by Crippen LogP contribution is 2.19. The van der Waals surface area contributed by atoms with Gasteiger partial charge in [-0.3, -0.25) is 4.79 Å². The van der Waals surface area contributed by atoms with Crippen molar-refractivity contribution in [3.63, 3.8) is 0 Å². The predicted octanol–water partition coefficient (Wildman–Crippen LogP) is 3.85. The number of imidazole rings is 1. The van der Waals surface area contributed by atoms with Crippen LogP contribution in [0.25, 0.3) is 21.9 Å². The first-order valence-corrected chi connectivity index (χ1v) is 8.76. The summed E-state index contributed by atoms with van der Waals surface area (Å²) in [6.45, 7) is 5.14. The van der Waals surface area contributed by atoms with E-state index >= 15 is 0 Å². The highest BCUT2D eigenvalue weighted by atomic mass is 16.5. The van der Waals surface area contributed by atoms with Crippen molar-refractivity contribution in [3.05, 3.63) is 66.1 Å². The predicted molar refractivity (Wildman–Crippen MR) is 102 cm³/mol. The van der Waals surface area contributed by atoms with Gasteiger partial charge >= 0.3 is 5.97 Å². The maximum absolute atomic E-state index is 12.3. The van der Waals surface area contributed by atoms with Crippen LogP contribution in [-0.4, -0.2) is 26.7 Å². The summed E-state index contributed by atoms with van der Waals surface area (Å²) in [4.78, 5) is 16.9. The van der Waals surface area contributed by atoms with Crippen LogP contribution in [0.4, 0.5) is 0 Å². The molecule has 0 saturated heterocycles. The topological polar surface area (TPSA) is 49.0 Å². The number of esters is 1. The van der Waals surface area contributed by atoms with Crippen LogP contribution < -0.4 is 0 Å². The Hall–Kier alpha value is -3.08. The second kappa shape index (κ2) is 6.67. The minimum atomic E-state index is -0.225. The normalized spacial score (nSPS) is 11.3. The maximum Gasteiger partial charge on any atom is 0.326 e. The van der Waals surface area contributed by atoms with Crippen LogP contribution >= 0.6 is 0 Å². The van der Waals surface area contributed by atoms with Gasteiger partial charge in [0, 0.05) is 11.2 Å². The molecule has 0 bridgehead atoms. The Morgan fingerprint density at radius 1 is 1.00 bits per heavy atom. The van der Waals surface area contributed by atoms with Gasteiger partial charge in [0.2, 0.25) is 0 Å². The number of benzene rings is 2. The van der Waals surface area contributed by atoms with Crippen molar-refractivity contribution in [3.8, 4) is 0 Å². The fourth-order valence-corrected chi connectivity index (χ4v) is 3.46. The first kappa shape index (κ1) is 16.4. The van der Waals surface area contributed by atoms with E-state index in [9.17, 15) is 4.79 Å². The number of hydrogen-bond donors (Lipinski definition) is 0. The van der Waals surface area contributed by atoms with Crippen molar-refractivity contribution in [2.75, 3.05) is 6.61 Å². The Morgan fingerprint density at radius 2 is 1.73 bits per heavy atom. The van der Waals surface area contributed by atoms with Crippen molar-refractivity contribution >= 4 is 27.9 Å². The minimum Gasteiger partial charge on any atom is -0.462 e. The van der Waals surface area contributed by atoms with E-state index in [-0.39, 0.29) is 12.5 Å². The summed E-state index contributed by atoms with van der Waals surface area (Å²) in [6.07, 6.45) is 0. The molecule has 5 nitrogen and oxygen atoms in total. The van der Waals surface area contributed by atoms with E-state index < -0.39 is 0 Å². The Kier molecular flexibility index (Phi) is 4.21. The third kappa shape index (κ3) is 2.96. The van der Waals surface area contributed by atoms with Crippen LogP contribution in [0.3, 0.4) is 0 Å². The van der Waals surface area contributed by atoms with Gasteiger partial charge in [-0.2, -0.15) is 0 Å². The lowest BCUT2D eigenvalue weighted by Crippen LogP contribution is -2.17. The Bertz CT molecular complexity index is 1090. The number of rotatable bonds is 5. The summed E-state index contributed by atoms with van der Waals surface area (Å²) in [6, 6.07) is 18.1. The van der Waals surface area contributed by atoms with Crippen molar-refractivity contribution < 1.29 is 9.53 Å². The number of ether oxygens (including phenoxy) is 1. The molecule has 0 radical (unpaired) electrons. The third-order valence-electron chi connectivity index (χ3n) is 4.73. The Balaban J connectivity index is 1.42. The van der Waals surface area contributed by atoms with Gasteiger partial charge in [0.25, 0.3) is 0 Å². The molecule has 5 heteroatoms. The zero-order chi connectivity index (χ0) is 18.1. The van der Waals surface area contributed by atoms with Gasteiger partial charge < -0.3 is 13.9 Å². The molecular formula is C21H21N3O2. The minimum absolute atomic E-state index is 0.225. The molecule has 26 heavy (non-hydrogen) atoms. The molecule has 0 saturated carbocycles. The van der Waals surface area contributed by atoms with E-state index in [1.165, 1.54) is 0 Å². The maximum atomic E-state index is 12.3. The molecule has 0 atom stereocenters. The van der Waals surface area contributed by atoms with E-state index in [0.717, 1.165) is 33.5 Å². The lowest BCUT2D eigenvalue weighted by molar-refractivity contribution is -0.144. The van der Waals surface area contributed by atoms with Crippen LogP contribution in [0.5, 0.6) is 0 Å². The summed E-state index contributed by atoms with van der Waals surface area (Å²) in [5.41, 5.74) is 4.14. The van der Waals surface area contributed by atoms with Gasteiger partial charge in [-0.1, -0.05) is 30.3 Å². The quantitative estimate of drug-likeness (QED) is 0.515. The van der Waals surface area contributed by atoms with Crippen LogP contribution in [-0.2, 0) is 22.6 Å². The van der Waals surface area contributed by atoms with E-state index in [2.05, 4.69) is 21.7 Å². The van der Waals surface area contributed by atoms with Crippen molar-refractivity contribution in [1.82, 2.24) is 14.1 Å². The number of para-hydroxylation sites is 3. The molecule has 0 fully saturated rings. The largest absolute Gasteiger partial charge is 0.462 e. The zero-order valence-corrected chi connectivity index (χ0v) is 15.0. The molecule has 2 aromatic heterocycles. The number of carbonyl (C=O) groups excluding carboxylic acids is 1. The molecule has 2 aromatic carbocycles. The van der Waals surface area contributed by atoms with E-state index in [0.29, 0.717) is 13.2 Å². The Labute approximate surface area is 151 Å². The molecule has 0 spiro atoms. The second-order valence-corrected chi connectivity index (χ2v) is 6.45. The van der Waals surface area contributed by atoms with Gasteiger partial charge in [0.1, 0.15) is 19.0 Å². The van der Waals surface area contributed by atoms with Gasteiger partial charge in [0.05, 0.1) is 17.6 Å². The highest BCUT2D eigenvalue weighted by Gasteiger charge is 2.11. The number of carbonyl (C=O) groups is 1. The molecule has 4 rings (SSSR count). The molecular weight excluding hydrogens is 326 g/mol. The summed E-state index contributed by atoms with van der Waals surface area (Å²) < 4.78 is 9.57. The van der Waals surface area contributed by atoms with Crippen molar-refractivity contribution in [2.24, 2.45) is 0 Å². The molecule has 4 aromatic rings. The van der Waals surface area contributed by atoms with Gasteiger partial charge in [0.15, 0.2) is 0 Å². The third-order valence-corrected chi connectivity index (χ3v) is 4.73. The van der Waals surface area contributed by atoms with Crippen LogP contribution in [0.1, 0.15) is 11.5 Å². The summed E-state index contributed by atoms with van der Waals surface area (Å²) in [5.74, 6) is 0.700. The van der Waals surface area contributed by atoms with E-state index in [1.54, 1.807) is 0 Å². The van der Waals surface area contributed by atoms with Crippen LogP contribution in [0, 0.1) is 13.8 Å². The summed E-state index contributed by atoms with van der Waals surface area (Å²) in [7, 11) is 0. The molecule has 2 heterocycles. The number of aryl methyl sites for hydroxylation is 2. The van der Waals surface area contributed by atoms with Gasteiger partial charge in [-0.25, -0.2) is 4.98 Å². The Morgan fingerprint density at radius 3 is 2.58 bits per heavy atom. The highest BCUT2D eigenvalue weighted by molar-refractivity contribution is 5.83. The van der Waals surface area contributed by atoms with Crippen LogP contribution in [0.2, 0.25) is 0 Å². The van der Waals surface area contributed by atoms with E-state index in [1.807, 2.05) is 60.9 Å². The molecule has 0 amide bonds. The number of aromatic nitrogens is 3. The van der Waals surface area contributed by atoms with Gasteiger partial charge in [-0.15, -0.1) is 0 Å². The van der Waals surface area contributed by atoms with Crippen molar-refractivity contribution in [2.45, 2.75) is 26.9 Å². The fourth-order valence-electron chi connectivity index (χ4n) is 3.46. The summed E-state index contributed by atoms with van der Waals surface area (Å²) >= 11 is 0. The SMILES string of the molecule is Cc1cc2ccccc2n1CC(=O)OCCn1c(C)nc2ccccc21. The van der Waals surface area contributed by atoms with Gasteiger partial charge in [-0.05, 0) is 43.5 Å².